The van der Waals surface area contributed by atoms with Crippen molar-refractivity contribution in [2.45, 2.75) is 78.5 Å². The SMILES string of the molecule is CCc1cc(CC)cc(P(C(C)(C)C)C(C)(C)C)c1. The monoisotopic (exact) mass is 278 g/mol. The summed E-state index contributed by atoms with van der Waals surface area (Å²) in [6.45, 7) is 18.9. The van der Waals surface area contributed by atoms with E-state index in [1.165, 1.54) is 11.1 Å². The van der Waals surface area contributed by atoms with Gasteiger partial charge in [0.15, 0.2) is 0 Å². The van der Waals surface area contributed by atoms with Gasteiger partial charge in [-0.3, -0.25) is 0 Å². The first-order valence-electron chi connectivity index (χ1n) is 7.52. The normalized spacial score (nSPS) is 13.1. The molecule has 1 rings (SSSR count). The smallest absolute Gasteiger partial charge is 0.0134 e. The Morgan fingerprint density at radius 1 is 0.737 bits per heavy atom. The second-order valence-electron chi connectivity index (χ2n) is 7.39. The molecular formula is C18H31P. The van der Waals surface area contributed by atoms with Gasteiger partial charge in [-0.1, -0.05) is 81.5 Å². The molecule has 0 aromatic heterocycles. The third-order valence-electron chi connectivity index (χ3n) is 3.45. The van der Waals surface area contributed by atoms with Gasteiger partial charge in [-0.15, -0.1) is 0 Å². The molecule has 0 saturated heterocycles. The number of benzene rings is 1. The van der Waals surface area contributed by atoms with Crippen LogP contribution in [0.4, 0.5) is 0 Å². The molecular weight excluding hydrogens is 247 g/mol. The summed E-state index contributed by atoms with van der Waals surface area (Å²) >= 11 is 0. The molecule has 0 atom stereocenters. The highest BCUT2D eigenvalue weighted by molar-refractivity contribution is 7.68. The summed E-state index contributed by atoms with van der Waals surface area (Å²) in [6.07, 6.45) is 2.27. The lowest BCUT2D eigenvalue weighted by Gasteiger charge is -2.42. The van der Waals surface area contributed by atoms with Crippen molar-refractivity contribution >= 4 is 13.2 Å². The van der Waals surface area contributed by atoms with Crippen LogP contribution < -0.4 is 5.30 Å². The Morgan fingerprint density at radius 2 is 1.11 bits per heavy atom. The van der Waals surface area contributed by atoms with Crippen molar-refractivity contribution in [3.63, 3.8) is 0 Å². The third kappa shape index (κ3) is 4.32. The van der Waals surface area contributed by atoms with E-state index in [4.69, 9.17) is 0 Å². The summed E-state index contributed by atoms with van der Waals surface area (Å²) in [5, 5.41) is 2.29. The van der Waals surface area contributed by atoms with E-state index in [1.807, 2.05) is 0 Å². The van der Waals surface area contributed by atoms with Gasteiger partial charge in [0.25, 0.3) is 0 Å². The summed E-state index contributed by atoms with van der Waals surface area (Å²) in [4.78, 5) is 0. The first-order chi connectivity index (χ1) is 8.59. The quantitative estimate of drug-likeness (QED) is 0.639. The van der Waals surface area contributed by atoms with E-state index in [1.54, 1.807) is 5.30 Å². The van der Waals surface area contributed by atoms with E-state index in [2.05, 4.69) is 73.6 Å². The van der Waals surface area contributed by atoms with Crippen molar-refractivity contribution in [1.29, 1.82) is 0 Å². The van der Waals surface area contributed by atoms with Gasteiger partial charge < -0.3 is 0 Å². The molecule has 0 saturated carbocycles. The van der Waals surface area contributed by atoms with Crippen LogP contribution in [0.5, 0.6) is 0 Å². The Morgan fingerprint density at radius 3 is 1.37 bits per heavy atom. The molecule has 1 heteroatoms. The highest BCUT2D eigenvalue weighted by Gasteiger charge is 2.35. The van der Waals surface area contributed by atoms with Gasteiger partial charge >= 0.3 is 0 Å². The number of hydrogen-bond donors (Lipinski definition) is 0. The highest BCUT2D eigenvalue weighted by atomic mass is 31.1. The van der Waals surface area contributed by atoms with Crippen molar-refractivity contribution in [2.75, 3.05) is 0 Å². The van der Waals surface area contributed by atoms with Gasteiger partial charge in [-0.05, 0) is 39.6 Å². The Kier molecular flexibility index (Phi) is 5.24. The number of rotatable bonds is 3. The number of aryl methyl sites for hydroxylation is 2. The Balaban J connectivity index is 3.38. The van der Waals surface area contributed by atoms with Crippen LogP contribution in [0, 0.1) is 0 Å². The van der Waals surface area contributed by atoms with E-state index >= 15 is 0 Å². The molecule has 0 aliphatic heterocycles. The summed E-state index contributed by atoms with van der Waals surface area (Å²) in [5.41, 5.74) is 2.99. The van der Waals surface area contributed by atoms with Crippen molar-refractivity contribution in [1.82, 2.24) is 0 Å². The molecule has 0 spiro atoms. The molecule has 0 unspecified atom stereocenters. The minimum absolute atomic E-state index is 0.182. The van der Waals surface area contributed by atoms with Gasteiger partial charge in [0.2, 0.25) is 0 Å². The highest BCUT2D eigenvalue weighted by Crippen LogP contribution is 2.58. The van der Waals surface area contributed by atoms with Gasteiger partial charge in [-0.25, -0.2) is 0 Å². The molecule has 108 valence electrons. The summed E-state index contributed by atoms with van der Waals surface area (Å²) in [6, 6.07) is 7.30. The van der Waals surface area contributed by atoms with Crippen LogP contribution in [0.1, 0.15) is 66.5 Å². The molecule has 19 heavy (non-hydrogen) atoms. The van der Waals surface area contributed by atoms with E-state index in [0.29, 0.717) is 10.3 Å². The first kappa shape index (κ1) is 16.7. The van der Waals surface area contributed by atoms with Crippen LogP contribution in [-0.2, 0) is 12.8 Å². The van der Waals surface area contributed by atoms with Gasteiger partial charge in [0.05, 0.1) is 0 Å². The molecule has 0 nitrogen and oxygen atoms in total. The van der Waals surface area contributed by atoms with Crippen LogP contribution in [-0.4, -0.2) is 10.3 Å². The fourth-order valence-electron chi connectivity index (χ4n) is 3.06. The van der Waals surface area contributed by atoms with Crippen molar-refractivity contribution in [2.24, 2.45) is 0 Å². The van der Waals surface area contributed by atoms with Gasteiger partial charge in [0, 0.05) is 0 Å². The lowest BCUT2D eigenvalue weighted by Crippen LogP contribution is -2.31. The Hall–Kier alpha value is -0.350. The molecule has 0 aliphatic rings. The minimum Gasteiger partial charge on any atom is -0.0643 e. The standard InChI is InChI=1S/C18H31P/c1-9-14-11-15(10-2)13-16(12-14)19(17(3,4)5)18(6,7)8/h11-13H,9-10H2,1-8H3. The summed E-state index contributed by atoms with van der Waals surface area (Å²) < 4.78 is 0. The zero-order valence-electron chi connectivity index (χ0n) is 14.1. The second-order valence-corrected chi connectivity index (χ2v) is 11.3. The lowest BCUT2D eigenvalue weighted by molar-refractivity contribution is 0.714. The van der Waals surface area contributed by atoms with Crippen LogP contribution in [0.15, 0.2) is 18.2 Å². The maximum Gasteiger partial charge on any atom is -0.0134 e. The largest absolute Gasteiger partial charge is 0.0643 e. The summed E-state index contributed by atoms with van der Waals surface area (Å²) in [7, 11) is -0.182. The maximum absolute atomic E-state index is 2.46. The zero-order valence-corrected chi connectivity index (χ0v) is 15.0. The Bertz CT molecular complexity index is 382. The first-order valence-corrected chi connectivity index (χ1v) is 8.87. The predicted molar refractivity (Wildman–Crippen MR) is 91.3 cm³/mol. The van der Waals surface area contributed by atoms with Crippen LogP contribution in [0.25, 0.3) is 0 Å². The average Bonchev–Trinajstić information content (AvgIpc) is 2.24. The molecule has 0 radical (unpaired) electrons. The molecule has 0 heterocycles. The lowest BCUT2D eigenvalue weighted by atomic mass is 10.1. The molecule has 0 amide bonds. The number of hydrogen-bond acceptors (Lipinski definition) is 0. The molecule has 0 N–H and O–H groups in total. The van der Waals surface area contributed by atoms with Gasteiger partial charge in [-0.2, -0.15) is 0 Å². The maximum atomic E-state index is 2.46. The van der Waals surface area contributed by atoms with E-state index in [0.717, 1.165) is 12.8 Å². The molecule has 0 aliphatic carbocycles. The molecule has 1 aromatic rings. The van der Waals surface area contributed by atoms with E-state index < -0.39 is 0 Å². The fraction of sp³-hybridized carbons (Fsp3) is 0.667. The predicted octanol–water partition coefficient (Wildman–Crippen LogP) is 5.52. The van der Waals surface area contributed by atoms with Crippen LogP contribution >= 0.6 is 7.92 Å². The van der Waals surface area contributed by atoms with E-state index in [9.17, 15) is 0 Å². The Labute approximate surface area is 121 Å². The topological polar surface area (TPSA) is 0 Å². The van der Waals surface area contributed by atoms with Crippen molar-refractivity contribution < 1.29 is 0 Å². The third-order valence-corrected chi connectivity index (χ3v) is 6.91. The minimum atomic E-state index is -0.182. The zero-order chi connectivity index (χ0) is 14.8. The summed E-state index contributed by atoms with van der Waals surface area (Å²) in [5.74, 6) is 0. The van der Waals surface area contributed by atoms with Crippen LogP contribution in [0.3, 0.4) is 0 Å². The van der Waals surface area contributed by atoms with Crippen LogP contribution in [0.2, 0.25) is 0 Å². The second kappa shape index (κ2) is 5.96. The van der Waals surface area contributed by atoms with Crippen molar-refractivity contribution in [3.05, 3.63) is 29.3 Å². The van der Waals surface area contributed by atoms with E-state index in [-0.39, 0.29) is 7.92 Å². The molecule has 0 bridgehead atoms. The fourth-order valence-corrected chi connectivity index (χ4v) is 7.21. The average molecular weight is 278 g/mol. The molecule has 0 fully saturated rings. The van der Waals surface area contributed by atoms with Gasteiger partial charge in [0.1, 0.15) is 0 Å². The van der Waals surface area contributed by atoms with Crippen molar-refractivity contribution in [3.8, 4) is 0 Å². The molecule has 1 aromatic carbocycles.